The molecule has 118 valence electrons. The maximum Gasteiger partial charge on any atom is 0.255 e. The largest absolute Gasteiger partial charge is 0.367 e. The van der Waals surface area contributed by atoms with E-state index < -0.39 is 5.60 Å². The summed E-state index contributed by atoms with van der Waals surface area (Å²) in [7, 11) is 1.85. The molecule has 7 heteroatoms. The molecule has 2 aromatic rings. The summed E-state index contributed by atoms with van der Waals surface area (Å²) in [6.07, 6.45) is 5.10. The Hall–Kier alpha value is -2.72. The van der Waals surface area contributed by atoms with E-state index in [1.165, 1.54) is 6.20 Å². The van der Waals surface area contributed by atoms with Gasteiger partial charge in [0.15, 0.2) is 0 Å². The molecule has 2 aromatic heterocycles. The number of pyridine rings is 1. The third kappa shape index (κ3) is 2.94. The molecule has 23 heavy (non-hydrogen) atoms. The van der Waals surface area contributed by atoms with E-state index in [4.69, 9.17) is 10.00 Å². The number of carbonyl (C=O) groups is 1. The Balaban J connectivity index is 1.80. The molecule has 0 radical (unpaired) electrons. The normalized spacial score (nSPS) is 21.0. The fraction of sp³-hybridized carbons (Fsp3) is 0.375. The first-order valence-electron chi connectivity index (χ1n) is 7.30. The number of amides is 1. The average molecular weight is 311 g/mol. The van der Waals surface area contributed by atoms with Crippen LogP contribution in [0.15, 0.2) is 30.7 Å². The monoisotopic (exact) mass is 311 g/mol. The summed E-state index contributed by atoms with van der Waals surface area (Å²) < 4.78 is 7.63. The van der Waals surface area contributed by atoms with Gasteiger partial charge in [0.05, 0.1) is 24.9 Å². The fourth-order valence-corrected chi connectivity index (χ4v) is 2.68. The van der Waals surface area contributed by atoms with E-state index in [9.17, 15) is 4.79 Å². The van der Waals surface area contributed by atoms with Crippen molar-refractivity contribution < 1.29 is 9.53 Å². The molecule has 1 unspecified atom stereocenters. The Morgan fingerprint density at radius 1 is 1.43 bits per heavy atom. The number of nitrogens with zero attached hydrogens (tertiary/aromatic N) is 5. The number of hydrogen-bond donors (Lipinski definition) is 0. The molecule has 0 aliphatic carbocycles. The molecule has 0 N–H and O–H groups in total. The van der Waals surface area contributed by atoms with E-state index in [1.54, 1.807) is 27.9 Å². The molecule has 3 rings (SSSR count). The minimum atomic E-state index is -0.581. The first kappa shape index (κ1) is 15.2. The van der Waals surface area contributed by atoms with Crippen molar-refractivity contribution in [1.82, 2.24) is 19.7 Å². The lowest BCUT2D eigenvalue weighted by molar-refractivity contribution is -0.0931. The number of ether oxygens (including phenoxy) is 1. The molecule has 0 aromatic carbocycles. The number of rotatable bonds is 2. The van der Waals surface area contributed by atoms with E-state index in [2.05, 4.69) is 10.1 Å². The molecule has 1 fully saturated rings. The van der Waals surface area contributed by atoms with Crippen molar-refractivity contribution in [2.75, 3.05) is 19.7 Å². The molecule has 0 saturated carbocycles. The molecule has 1 atom stereocenters. The highest BCUT2D eigenvalue weighted by atomic mass is 16.5. The predicted octanol–water partition coefficient (Wildman–Crippen LogP) is 1.07. The van der Waals surface area contributed by atoms with Gasteiger partial charge in [0.2, 0.25) is 0 Å². The van der Waals surface area contributed by atoms with Crippen molar-refractivity contribution in [3.8, 4) is 6.07 Å². The highest BCUT2D eigenvalue weighted by molar-refractivity contribution is 5.94. The standard InChI is InChI=1S/C16H17N5O2/c1-16(13-9-19-20(2)10-13)11-21(5-6-23-16)15(22)12-3-4-14(7-17)18-8-12/h3-4,8-10H,5-6,11H2,1-2H3. The Morgan fingerprint density at radius 3 is 2.87 bits per heavy atom. The van der Waals surface area contributed by atoms with Gasteiger partial charge in [0.25, 0.3) is 5.91 Å². The second-order valence-corrected chi connectivity index (χ2v) is 5.75. The molecule has 1 aliphatic heterocycles. The molecule has 7 nitrogen and oxygen atoms in total. The summed E-state index contributed by atoms with van der Waals surface area (Å²) in [4.78, 5) is 18.4. The van der Waals surface area contributed by atoms with E-state index in [1.807, 2.05) is 26.2 Å². The van der Waals surface area contributed by atoms with Crippen LogP contribution in [0.3, 0.4) is 0 Å². The molecular formula is C16H17N5O2. The van der Waals surface area contributed by atoms with E-state index >= 15 is 0 Å². The molecule has 3 heterocycles. The first-order valence-corrected chi connectivity index (χ1v) is 7.30. The summed E-state index contributed by atoms with van der Waals surface area (Å²) in [5.41, 5.74) is 1.13. The van der Waals surface area contributed by atoms with Gasteiger partial charge < -0.3 is 9.64 Å². The summed E-state index contributed by atoms with van der Waals surface area (Å²) in [6.45, 7) is 3.38. The number of nitriles is 1. The third-order valence-corrected chi connectivity index (χ3v) is 4.00. The molecule has 0 bridgehead atoms. The number of hydrogen-bond acceptors (Lipinski definition) is 5. The second kappa shape index (κ2) is 5.82. The topological polar surface area (TPSA) is 84.0 Å². The van der Waals surface area contributed by atoms with Gasteiger partial charge in [-0.1, -0.05) is 0 Å². The van der Waals surface area contributed by atoms with Gasteiger partial charge in [-0.25, -0.2) is 4.98 Å². The van der Waals surface area contributed by atoms with Gasteiger partial charge in [0, 0.05) is 31.5 Å². The van der Waals surface area contributed by atoms with Gasteiger partial charge in [-0.15, -0.1) is 0 Å². The highest BCUT2D eigenvalue weighted by Gasteiger charge is 2.37. The molecule has 1 aliphatic rings. The lowest BCUT2D eigenvalue weighted by Crippen LogP contribution is -2.50. The summed E-state index contributed by atoms with van der Waals surface area (Å²) in [5, 5.41) is 13.0. The SMILES string of the molecule is Cn1cc(C2(C)CN(C(=O)c3ccc(C#N)nc3)CCO2)cn1. The Morgan fingerprint density at radius 2 is 2.26 bits per heavy atom. The minimum Gasteiger partial charge on any atom is -0.367 e. The third-order valence-electron chi connectivity index (χ3n) is 4.00. The molecule has 1 saturated heterocycles. The summed E-state index contributed by atoms with van der Waals surface area (Å²) >= 11 is 0. The van der Waals surface area contributed by atoms with Crippen molar-refractivity contribution in [2.45, 2.75) is 12.5 Å². The van der Waals surface area contributed by atoms with E-state index in [0.29, 0.717) is 31.0 Å². The average Bonchev–Trinajstić information content (AvgIpc) is 3.02. The fourth-order valence-electron chi connectivity index (χ4n) is 2.68. The van der Waals surface area contributed by atoms with Crippen molar-refractivity contribution >= 4 is 5.91 Å². The van der Waals surface area contributed by atoms with Crippen LogP contribution in [-0.4, -0.2) is 45.3 Å². The number of aromatic nitrogens is 3. The summed E-state index contributed by atoms with van der Waals surface area (Å²) in [6, 6.07) is 5.12. The zero-order valence-electron chi connectivity index (χ0n) is 13.1. The second-order valence-electron chi connectivity index (χ2n) is 5.75. The van der Waals surface area contributed by atoms with Crippen LogP contribution in [0.2, 0.25) is 0 Å². The van der Waals surface area contributed by atoms with Crippen molar-refractivity contribution in [1.29, 1.82) is 5.26 Å². The van der Waals surface area contributed by atoms with Crippen LogP contribution in [-0.2, 0) is 17.4 Å². The number of aryl methyl sites for hydroxylation is 1. The van der Waals surface area contributed by atoms with Crippen molar-refractivity contribution in [2.24, 2.45) is 7.05 Å². The summed E-state index contributed by atoms with van der Waals surface area (Å²) in [5.74, 6) is -0.111. The van der Waals surface area contributed by atoms with E-state index in [0.717, 1.165) is 5.56 Å². The van der Waals surface area contributed by atoms with Crippen LogP contribution in [0.4, 0.5) is 0 Å². The number of morpholine rings is 1. The zero-order chi connectivity index (χ0) is 16.4. The van der Waals surface area contributed by atoms with E-state index in [-0.39, 0.29) is 5.91 Å². The Bertz CT molecular complexity index is 762. The van der Waals surface area contributed by atoms with Crippen LogP contribution in [0.25, 0.3) is 0 Å². The van der Waals surface area contributed by atoms with Crippen LogP contribution >= 0.6 is 0 Å². The number of carbonyl (C=O) groups excluding carboxylic acids is 1. The highest BCUT2D eigenvalue weighted by Crippen LogP contribution is 2.29. The van der Waals surface area contributed by atoms with Crippen LogP contribution < -0.4 is 0 Å². The maximum atomic E-state index is 12.7. The first-order chi connectivity index (χ1) is 11.0. The van der Waals surface area contributed by atoms with Gasteiger partial charge in [-0.3, -0.25) is 9.48 Å². The Labute approximate surface area is 134 Å². The lowest BCUT2D eigenvalue weighted by atomic mass is 9.96. The van der Waals surface area contributed by atoms with Gasteiger partial charge in [0.1, 0.15) is 17.4 Å². The van der Waals surface area contributed by atoms with Crippen LogP contribution in [0, 0.1) is 11.3 Å². The van der Waals surface area contributed by atoms with Crippen molar-refractivity contribution in [3.63, 3.8) is 0 Å². The van der Waals surface area contributed by atoms with Gasteiger partial charge in [-0.2, -0.15) is 10.4 Å². The quantitative estimate of drug-likeness (QED) is 0.828. The van der Waals surface area contributed by atoms with Crippen LogP contribution in [0.5, 0.6) is 0 Å². The van der Waals surface area contributed by atoms with Gasteiger partial charge in [-0.05, 0) is 19.1 Å². The molecule has 0 spiro atoms. The molecular weight excluding hydrogens is 294 g/mol. The maximum absolute atomic E-state index is 12.7. The predicted molar refractivity (Wildman–Crippen MR) is 81.4 cm³/mol. The molecule has 1 amide bonds. The minimum absolute atomic E-state index is 0.111. The zero-order valence-corrected chi connectivity index (χ0v) is 13.1. The Kier molecular flexibility index (Phi) is 3.84. The van der Waals surface area contributed by atoms with Gasteiger partial charge >= 0.3 is 0 Å². The lowest BCUT2D eigenvalue weighted by Gasteiger charge is -2.40. The van der Waals surface area contributed by atoms with Crippen LogP contribution in [0.1, 0.15) is 28.5 Å². The van der Waals surface area contributed by atoms with Crippen molar-refractivity contribution in [3.05, 3.63) is 47.5 Å². The smallest absolute Gasteiger partial charge is 0.255 e.